The van der Waals surface area contributed by atoms with E-state index in [2.05, 4.69) is 25.5 Å². The van der Waals surface area contributed by atoms with Crippen molar-refractivity contribution in [1.82, 2.24) is 20.2 Å². The summed E-state index contributed by atoms with van der Waals surface area (Å²) in [5.41, 5.74) is 1.87. The summed E-state index contributed by atoms with van der Waals surface area (Å²) in [6.07, 6.45) is 3.03. The van der Waals surface area contributed by atoms with Crippen LogP contribution in [0.15, 0.2) is 12.1 Å². The van der Waals surface area contributed by atoms with Crippen molar-refractivity contribution in [2.75, 3.05) is 5.32 Å². The molecule has 122 valence electrons. The number of rotatable bonds is 4. The first-order valence-corrected chi connectivity index (χ1v) is 7.88. The molecule has 0 aromatic carbocycles. The number of nitrogens with one attached hydrogen (secondary N) is 2. The molecule has 2 aromatic rings. The van der Waals surface area contributed by atoms with Crippen molar-refractivity contribution in [1.29, 1.82) is 0 Å². The molecule has 0 bridgehead atoms. The van der Waals surface area contributed by atoms with Crippen LogP contribution in [0.2, 0.25) is 0 Å². The Hall–Kier alpha value is -2.44. The predicted octanol–water partition coefficient (Wildman–Crippen LogP) is 2.92. The van der Waals surface area contributed by atoms with E-state index < -0.39 is 5.97 Å². The molecule has 3 rings (SSSR count). The molecule has 3 N–H and O–H groups in total. The summed E-state index contributed by atoms with van der Waals surface area (Å²) < 4.78 is 0. The molecule has 0 amide bonds. The molecule has 1 saturated carbocycles. The fourth-order valence-electron chi connectivity index (χ4n) is 3.05. The maximum absolute atomic E-state index is 11.1. The lowest BCUT2D eigenvalue weighted by Gasteiger charge is -2.25. The molecular formula is C16H21N5O2. The van der Waals surface area contributed by atoms with Gasteiger partial charge in [-0.1, -0.05) is 0 Å². The highest BCUT2D eigenvalue weighted by molar-refractivity contribution is 5.70. The van der Waals surface area contributed by atoms with Crippen molar-refractivity contribution in [3.63, 3.8) is 0 Å². The molecular weight excluding hydrogens is 294 g/mol. The van der Waals surface area contributed by atoms with Gasteiger partial charge in [-0.15, -0.1) is 0 Å². The maximum atomic E-state index is 11.1. The number of H-pyrrole nitrogens is 1. The molecule has 0 aliphatic heterocycles. The van der Waals surface area contributed by atoms with Crippen molar-refractivity contribution in [2.45, 2.75) is 45.4 Å². The molecule has 2 heterocycles. The van der Waals surface area contributed by atoms with E-state index in [0.29, 0.717) is 12.8 Å². The average Bonchev–Trinajstić information content (AvgIpc) is 2.92. The quantitative estimate of drug-likeness (QED) is 0.801. The molecule has 7 nitrogen and oxygen atoms in total. The van der Waals surface area contributed by atoms with Crippen LogP contribution in [0, 0.1) is 19.8 Å². The highest BCUT2D eigenvalue weighted by Crippen LogP contribution is 2.35. The first kappa shape index (κ1) is 15.5. The molecule has 0 atom stereocenters. The first-order valence-electron chi connectivity index (χ1n) is 7.88. The zero-order valence-electron chi connectivity index (χ0n) is 13.3. The van der Waals surface area contributed by atoms with Crippen LogP contribution in [0.1, 0.15) is 48.8 Å². The van der Waals surface area contributed by atoms with Gasteiger partial charge in [0.05, 0.1) is 5.92 Å². The van der Waals surface area contributed by atoms with Crippen molar-refractivity contribution in [3.8, 4) is 0 Å². The normalized spacial score (nSPS) is 21.1. The van der Waals surface area contributed by atoms with Crippen molar-refractivity contribution < 1.29 is 9.90 Å². The lowest BCUT2D eigenvalue weighted by molar-refractivity contribution is -0.142. The van der Waals surface area contributed by atoms with Gasteiger partial charge in [0.25, 0.3) is 0 Å². The van der Waals surface area contributed by atoms with E-state index in [1.54, 1.807) is 0 Å². The predicted molar refractivity (Wildman–Crippen MR) is 85.7 cm³/mol. The maximum Gasteiger partial charge on any atom is 0.306 e. The minimum Gasteiger partial charge on any atom is -0.481 e. The van der Waals surface area contributed by atoms with Crippen molar-refractivity contribution in [2.24, 2.45) is 5.92 Å². The minimum atomic E-state index is -0.690. The third kappa shape index (κ3) is 3.67. The van der Waals surface area contributed by atoms with Gasteiger partial charge in [0.1, 0.15) is 11.6 Å². The molecule has 0 unspecified atom stereocenters. The van der Waals surface area contributed by atoms with Crippen LogP contribution >= 0.6 is 0 Å². The van der Waals surface area contributed by atoms with E-state index in [9.17, 15) is 4.79 Å². The third-order valence-electron chi connectivity index (χ3n) is 4.28. The van der Waals surface area contributed by atoms with Gasteiger partial charge in [0.2, 0.25) is 0 Å². The second-order valence-electron chi connectivity index (χ2n) is 6.20. The summed E-state index contributed by atoms with van der Waals surface area (Å²) in [7, 11) is 0. The molecule has 0 radical (unpaired) electrons. The van der Waals surface area contributed by atoms with Gasteiger partial charge < -0.3 is 10.4 Å². The zero-order valence-corrected chi connectivity index (χ0v) is 13.3. The smallest absolute Gasteiger partial charge is 0.306 e. The molecule has 1 fully saturated rings. The summed E-state index contributed by atoms with van der Waals surface area (Å²) >= 11 is 0. The third-order valence-corrected chi connectivity index (χ3v) is 4.28. The largest absolute Gasteiger partial charge is 0.481 e. The molecule has 1 aliphatic carbocycles. The van der Waals surface area contributed by atoms with Gasteiger partial charge >= 0.3 is 5.97 Å². The topological polar surface area (TPSA) is 104 Å². The van der Waals surface area contributed by atoms with E-state index >= 15 is 0 Å². The van der Waals surface area contributed by atoms with Crippen LogP contribution in [0.4, 0.5) is 11.6 Å². The Morgan fingerprint density at radius 1 is 1.17 bits per heavy atom. The fraction of sp³-hybridized carbons (Fsp3) is 0.500. The number of anilines is 2. The van der Waals surface area contributed by atoms with Gasteiger partial charge in [-0.3, -0.25) is 9.89 Å². The zero-order chi connectivity index (χ0) is 16.4. The van der Waals surface area contributed by atoms with Crippen LogP contribution in [0.5, 0.6) is 0 Å². The molecule has 23 heavy (non-hydrogen) atoms. The van der Waals surface area contributed by atoms with E-state index in [4.69, 9.17) is 5.11 Å². The number of hydrogen-bond donors (Lipinski definition) is 3. The number of aryl methyl sites for hydroxylation is 2. The van der Waals surface area contributed by atoms with Crippen LogP contribution in [-0.2, 0) is 4.79 Å². The number of nitrogens with zero attached hydrogens (tertiary/aromatic N) is 3. The van der Waals surface area contributed by atoms with E-state index in [-0.39, 0.29) is 11.8 Å². The fourth-order valence-corrected chi connectivity index (χ4v) is 3.05. The lowest BCUT2D eigenvalue weighted by atomic mass is 9.81. The number of hydrogen-bond acceptors (Lipinski definition) is 5. The molecule has 1 aliphatic rings. The lowest BCUT2D eigenvalue weighted by Crippen LogP contribution is -2.21. The average molecular weight is 315 g/mol. The summed E-state index contributed by atoms with van der Waals surface area (Å²) in [6, 6.07) is 3.80. The van der Waals surface area contributed by atoms with Gasteiger partial charge in [-0.25, -0.2) is 9.97 Å². The van der Waals surface area contributed by atoms with E-state index in [1.165, 1.54) is 0 Å². The minimum absolute atomic E-state index is 0.222. The number of carboxylic acids is 1. The Labute approximate surface area is 134 Å². The Balaban J connectivity index is 1.74. The monoisotopic (exact) mass is 315 g/mol. The highest BCUT2D eigenvalue weighted by atomic mass is 16.4. The Kier molecular flexibility index (Phi) is 4.27. The van der Waals surface area contributed by atoms with Crippen molar-refractivity contribution in [3.05, 3.63) is 29.3 Å². The Morgan fingerprint density at radius 2 is 1.91 bits per heavy atom. The molecule has 0 saturated heterocycles. The van der Waals surface area contributed by atoms with E-state index in [0.717, 1.165) is 41.7 Å². The number of aromatic amines is 1. The van der Waals surface area contributed by atoms with Crippen molar-refractivity contribution >= 4 is 17.6 Å². The second kappa shape index (κ2) is 6.36. The van der Waals surface area contributed by atoms with Crippen LogP contribution in [0.25, 0.3) is 0 Å². The van der Waals surface area contributed by atoms with Gasteiger partial charge in [0, 0.05) is 29.4 Å². The summed E-state index contributed by atoms with van der Waals surface area (Å²) in [6.45, 7) is 3.88. The van der Waals surface area contributed by atoms with Crippen LogP contribution in [-0.4, -0.2) is 31.2 Å². The summed E-state index contributed by atoms with van der Waals surface area (Å²) in [4.78, 5) is 20.2. The second-order valence-corrected chi connectivity index (χ2v) is 6.20. The van der Waals surface area contributed by atoms with Gasteiger partial charge in [-0.2, -0.15) is 5.10 Å². The Morgan fingerprint density at radius 3 is 2.52 bits per heavy atom. The molecule has 0 spiro atoms. The number of aliphatic carboxylic acids is 1. The number of aromatic nitrogens is 4. The summed E-state index contributed by atoms with van der Waals surface area (Å²) in [5, 5.41) is 19.3. The van der Waals surface area contributed by atoms with E-state index in [1.807, 2.05) is 26.0 Å². The molecule has 7 heteroatoms. The first-order chi connectivity index (χ1) is 11.0. The summed E-state index contributed by atoms with van der Waals surface area (Å²) in [5.74, 6) is 1.56. The molecule has 2 aromatic heterocycles. The number of carboxylic acid groups (broad SMARTS) is 1. The van der Waals surface area contributed by atoms with Crippen LogP contribution < -0.4 is 5.32 Å². The SMILES string of the molecule is Cc1cc(Nc2cc(C)[nH]n2)nc(C2CCC(C(=O)O)CC2)n1. The standard InChI is InChI=1S/C16H21N5O2/c1-9-7-13(18-14-8-10(2)20-21-14)19-15(17-9)11-3-5-12(6-4-11)16(22)23/h7-8,11-12H,3-6H2,1-2H3,(H,22,23)(H2,17,18,19,20,21). The Bertz CT molecular complexity index is 704. The van der Waals surface area contributed by atoms with Gasteiger partial charge in [-0.05, 0) is 39.5 Å². The van der Waals surface area contributed by atoms with Gasteiger partial charge in [0.15, 0.2) is 5.82 Å². The highest BCUT2D eigenvalue weighted by Gasteiger charge is 2.28. The number of carbonyl (C=O) groups is 1. The van der Waals surface area contributed by atoms with Crippen LogP contribution in [0.3, 0.4) is 0 Å².